The Kier molecular flexibility index (Phi) is 3.01. The Balaban J connectivity index is 2.07. The Bertz CT molecular complexity index is 254. The van der Waals surface area contributed by atoms with Crippen molar-refractivity contribution >= 4 is 5.97 Å². The first kappa shape index (κ1) is 10.9. The molecule has 3 heteroatoms. The predicted molar refractivity (Wildman–Crippen MR) is 58.5 cm³/mol. The Hall–Kier alpha value is -0.570. The van der Waals surface area contributed by atoms with E-state index in [-0.39, 0.29) is 11.5 Å². The number of methoxy groups -OCH3 is 1. The molecule has 3 atom stereocenters. The van der Waals surface area contributed by atoms with E-state index in [1.54, 1.807) is 0 Å². The molecular weight excluding hydrogens is 190 g/mol. The fourth-order valence-electron chi connectivity index (χ4n) is 3.62. The van der Waals surface area contributed by atoms with E-state index in [2.05, 4.69) is 12.2 Å². The zero-order valence-electron chi connectivity index (χ0n) is 9.71. The molecule has 3 unspecified atom stereocenters. The lowest BCUT2D eigenvalue weighted by atomic mass is 9.78. The summed E-state index contributed by atoms with van der Waals surface area (Å²) < 4.78 is 4.81. The topological polar surface area (TPSA) is 38.3 Å². The molecule has 0 aromatic carbocycles. The van der Waals surface area contributed by atoms with Gasteiger partial charge in [-0.3, -0.25) is 4.79 Å². The molecule has 2 fully saturated rings. The van der Waals surface area contributed by atoms with Crippen LogP contribution in [0.1, 0.15) is 39.0 Å². The van der Waals surface area contributed by atoms with Crippen molar-refractivity contribution < 1.29 is 9.53 Å². The molecule has 1 N–H and O–H groups in total. The molecule has 0 heterocycles. The lowest BCUT2D eigenvalue weighted by molar-refractivity contribution is -0.143. The predicted octanol–water partition coefficient (Wildman–Crippen LogP) is 1.72. The lowest BCUT2D eigenvalue weighted by Crippen LogP contribution is -2.51. The van der Waals surface area contributed by atoms with Crippen LogP contribution in [0.4, 0.5) is 0 Å². The standard InChI is InChI=1S/C12H21NO2/c1-3-13-12(8-11(14)15-2)7-9-4-5-10(12)6-9/h9-10,13H,3-8H2,1-2H3. The molecule has 15 heavy (non-hydrogen) atoms. The monoisotopic (exact) mass is 211 g/mol. The van der Waals surface area contributed by atoms with Crippen LogP contribution >= 0.6 is 0 Å². The van der Waals surface area contributed by atoms with Crippen molar-refractivity contribution in [3.8, 4) is 0 Å². The zero-order chi connectivity index (χ0) is 10.9. The van der Waals surface area contributed by atoms with Crippen LogP contribution in [0, 0.1) is 11.8 Å². The molecule has 2 aliphatic rings. The van der Waals surface area contributed by atoms with Crippen molar-refractivity contribution in [2.24, 2.45) is 11.8 Å². The highest BCUT2D eigenvalue weighted by atomic mass is 16.5. The van der Waals surface area contributed by atoms with Gasteiger partial charge in [0.1, 0.15) is 0 Å². The van der Waals surface area contributed by atoms with Crippen molar-refractivity contribution in [3.05, 3.63) is 0 Å². The summed E-state index contributed by atoms with van der Waals surface area (Å²) in [6.45, 7) is 3.06. The number of nitrogens with one attached hydrogen (secondary N) is 1. The van der Waals surface area contributed by atoms with Crippen LogP contribution in [0.15, 0.2) is 0 Å². The number of ether oxygens (including phenoxy) is 1. The second-order valence-electron chi connectivity index (χ2n) is 5.02. The Morgan fingerprint density at radius 2 is 2.33 bits per heavy atom. The van der Waals surface area contributed by atoms with Crippen LogP contribution < -0.4 is 5.32 Å². The van der Waals surface area contributed by atoms with Crippen LogP contribution in [-0.2, 0) is 9.53 Å². The summed E-state index contributed by atoms with van der Waals surface area (Å²) in [6, 6.07) is 0. The van der Waals surface area contributed by atoms with Gasteiger partial charge < -0.3 is 10.1 Å². The molecule has 0 amide bonds. The third-order valence-electron chi connectivity index (χ3n) is 4.19. The van der Waals surface area contributed by atoms with E-state index in [9.17, 15) is 4.79 Å². The largest absolute Gasteiger partial charge is 0.469 e. The van der Waals surface area contributed by atoms with Crippen LogP contribution in [0.5, 0.6) is 0 Å². The number of carbonyl (C=O) groups excluding carboxylic acids is 1. The van der Waals surface area contributed by atoms with Crippen LogP contribution in [0.2, 0.25) is 0 Å². The fourth-order valence-corrected chi connectivity index (χ4v) is 3.62. The highest BCUT2D eigenvalue weighted by Gasteiger charge is 2.51. The second kappa shape index (κ2) is 4.12. The number of rotatable bonds is 4. The number of hydrogen-bond donors (Lipinski definition) is 1. The molecule has 0 radical (unpaired) electrons. The molecule has 0 saturated heterocycles. The molecule has 2 aliphatic carbocycles. The van der Waals surface area contributed by atoms with Gasteiger partial charge in [0.15, 0.2) is 0 Å². The van der Waals surface area contributed by atoms with Gasteiger partial charge in [-0.15, -0.1) is 0 Å². The molecule has 0 aromatic heterocycles. The van der Waals surface area contributed by atoms with E-state index < -0.39 is 0 Å². The molecule has 2 bridgehead atoms. The number of carbonyl (C=O) groups is 1. The van der Waals surface area contributed by atoms with Gasteiger partial charge in [0.05, 0.1) is 13.5 Å². The Labute approximate surface area is 91.6 Å². The molecule has 0 aromatic rings. The van der Waals surface area contributed by atoms with Crippen LogP contribution in [0.25, 0.3) is 0 Å². The summed E-state index contributed by atoms with van der Waals surface area (Å²) in [5, 5.41) is 3.55. The smallest absolute Gasteiger partial charge is 0.307 e. The van der Waals surface area contributed by atoms with Gasteiger partial charge >= 0.3 is 5.97 Å². The van der Waals surface area contributed by atoms with Crippen molar-refractivity contribution in [2.45, 2.75) is 44.6 Å². The molecule has 86 valence electrons. The van der Waals surface area contributed by atoms with Gasteiger partial charge in [-0.05, 0) is 37.6 Å². The minimum absolute atomic E-state index is 0.0603. The van der Waals surface area contributed by atoms with Gasteiger partial charge in [-0.1, -0.05) is 13.3 Å². The van der Waals surface area contributed by atoms with Crippen LogP contribution in [0.3, 0.4) is 0 Å². The zero-order valence-corrected chi connectivity index (χ0v) is 9.71. The highest BCUT2D eigenvalue weighted by Crippen LogP contribution is 2.52. The average molecular weight is 211 g/mol. The summed E-state index contributed by atoms with van der Waals surface area (Å²) in [6.07, 6.45) is 5.68. The molecule has 2 saturated carbocycles. The van der Waals surface area contributed by atoms with E-state index in [4.69, 9.17) is 4.74 Å². The van der Waals surface area contributed by atoms with Gasteiger partial charge in [0, 0.05) is 5.54 Å². The quantitative estimate of drug-likeness (QED) is 0.720. The van der Waals surface area contributed by atoms with Crippen molar-refractivity contribution in [2.75, 3.05) is 13.7 Å². The molecule has 2 rings (SSSR count). The average Bonchev–Trinajstić information content (AvgIpc) is 2.78. The first-order valence-corrected chi connectivity index (χ1v) is 6.02. The molecular formula is C12H21NO2. The van der Waals surface area contributed by atoms with Gasteiger partial charge in [-0.2, -0.15) is 0 Å². The summed E-state index contributed by atoms with van der Waals surface area (Å²) in [5.74, 6) is 1.48. The van der Waals surface area contributed by atoms with Crippen LogP contribution in [-0.4, -0.2) is 25.2 Å². The minimum Gasteiger partial charge on any atom is -0.469 e. The maximum absolute atomic E-state index is 11.5. The third kappa shape index (κ3) is 1.89. The minimum atomic E-state index is -0.0662. The van der Waals surface area contributed by atoms with Gasteiger partial charge in [-0.25, -0.2) is 0 Å². The van der Waals surface area contributed by atoms with Crippen molar-refractivity contribution in [3.63, 3.8) is 0 Å². The summed E-state index contributed by atoms with van der Waals surface area (Å²) in [7, 11) is 1.48. The fraction of sp³-hybridized carbons (Fsp3) is 0.917. The lowest BCUT2D eigenvalue weighted by Gasteiger charge is -2.37. The number of esters is 1. The highest BCUT2D eigenvalue weighted by molar-refractivity contribution is 5.71. The second-order valence-corrected chi connectivity index (χ2v) is 5.02. The molecule has 0 aliphatic heterocycles. The van der Waals surface area contributed by atoms with Crippen molar-refractivity contribution in [1.29, 1.82) is 0 Å². The first-order valence-electron chi connectivity index (χ1n) is 6.02. The van der Waals surface area contributed by atoms with E-state index in [1.807, 2.05) is 0 Å². The normalized spacial score (nSPS) is 38.3. The maximum Gasteiger partial charge on any atom is 0.307 e. The Morgan fingerprint density at radius 1 is 1.53 bits per heavy atom. The summed E-state index contributed by atoms with van der Waals surface area (Å²) >= 11 is 0. The summed E-state index contributed by atoms with van der Waals surface area (Å²) in [4.78, 5) is 11.5. The SMILES string of the molecule is CCNC1(CC(=O)OC)CC2CCC1C2. The summed E-state index contributed by atoms with van der Waals surface area (Å²) in [5.41, 5.74) is 0.0603. The van der Waals surface area contributed by atoms with E-state index in [1.165, 1.54) is 32.8 Å². The number of fused-ring (bicyclic) bond motifs is 2. The first-order chi connectivity index (χ1) is 7.20. The van der Waals surface area contributed by atoms with Gasteiger partial charge in [0.25, 0.3) is 0 Å². The van der Waals surface area contributed by atoms with Gasteiger partial charge in [0.2, 0.25) is 0 Å². The Morgan fingerprint density at radius 3 is 2.80 bits per heavy atom. The molecule has 3 nitrogen and oxygen atoms in total. The van der Waals surface area contributed by atoms with E-state index in [0.717, 1.165) is 12.5 Å². The van der Waals surface area contributed by atoms with Crippen molar-refractivity contribution in [1.82, 2.24) is 5.32 Å². The molecule has 0 spiro atoms. The van der Waals surface area contributed by atoms with E-state index in [0.29, 0.717) is 12.3 Å². The maximum atomic E-state index is 11.5. The third-order valence-corrected chi connectivity index (χ3v) is 4.19. The number of hydrogen-bond acceptors (Lipinski definition) is 3. The van der Waals surface area contributed by atoms with E-state index >= 15 is 0 Å².